The van der Waals surface area contributed by atoms with E-state index in [0.29, 0.717) is 16.1 Å². The molecule has 21 heavy (non-hydrogen) atoms. The summed E-state index contributed by atoms with van der Waals surface area (Å²) in [4.78, 5) is 10.7. The van der Waals surface area contributed by atoms with Gasteiger partial charge in [-0.3, -0.25) is 0 Å². The number of hydrogen-bond donors (Lipinski definition) is 2. The summed E-state index contributed by atoms with van der Waals surface area (Å²) in [5.41, 5.74) is 1.02. The van der Waals surface area contributed by atoms with Crippen LogP contribution in [0.4, 0.5) is 0 Å². The normalized spacial score (nSPS) is 11.5. The van der Waals surface area contributed by atoms with E-state index in [2.05, 4.69) is 4.72 Å². The molecule has 112 valence electrons. The van der Waals surface area contributed by atoms with E-state index in [4.69, 9.17) is 16.7 Å². The quantitative estimate of drug-likeness (QED) is 0.872. The van der Waals surface area contributed by atoms with Gasteiger partial charge in [-0.25, -0.2) is 17.9 Å². The van der Waals surface area contributed by atoms with Crippen molar-refractivity contribution in [3.63, 3.8) is 0 Å². The van der Waals surface area contributed by atoms with Gasteiger partial charge in [-0.1, -0.05) is 29.8 Å². The monoisotopic (exact) mass is 345 g/mol. The van der Waals surface area contributed by atoms with E-state index in [1.54, 1.807) is 31.2 Å². The minimum atomic E-state index is -3.92. The zero-order valence-electron chi connectivity index (χ0n) is 11.0. The second kappa shape index (κ2) is 6.15. The first-order valence-corrected chi connectivity index (χ1v) is 8.61. The fourth-order valence-corrected chi connectivity index (χ4v) is 4.64. The van der Waals surface area contributed by atoms with Gasteiger partial charge in [0.05, 0.1) is 0 Å². The first-order valence-electron chi connectivity index (χ1n) is 5.87. The molecule has 0 saturated heterocycles. The molecule has 0 aliphatic carbocycles. The number of benzene rings is 1. The number of halogens is 1. The Labute approximate surface area is 131 Å². The zero-order chi connectivity index (χ0) is 15.6. The maximum Gasteiger partial charge on any atom is 0.347 e. The largest absolute Gasteiger partial charge is 0.477 e. The van der Waals surface area contributed by atoms with Gasteiger partial charge < -0.3 is 5.11 Å². The summed E-state index contributed by atoms with van der Waals surface area (Å²) < 4.78 is 27.0. The third-order valence-corrected chi connectivity index (χ3v) is 5.96. The lowest BCUT2D eigenvalue weighted by Gasteiger charge is -2.09. The van der Waals surface area contributed by atoms with Gasteiger partial charge in [0.1, 0.15) is 9.77 Å². The summed E-state index contributed by atoms with van der Waals surface area (Å²) in [6, 6.07) is 6.84. The molecule has 0 aliphatic heterocycles. The number of hydrogen-bond acceptors (Lipinski definition) is 4. The average molecular weight is 346 g/mol. The van der Waals surface area contributed by atoms with E-state index >= 15 is 0 Å². The molecule has 1 heterocycles. The number of carboxylic acid groups (broad SMARTS) is 1. The van der Waals surface area contributed by atoms with Crippen LogP contribution in [0.15, 0.2) is 34.5 Å². The molecular formula is C13H12ClNO4S2. The van der Waals surface area contributed by atoms with Crippen LogP contribution >= 0.6 is 22.9 Å². The highest BCUT2D eigenvalue weighted by atomic mass is 35.5. The van der Waals surface area contributed by atoms with Gasteiger partial charge in [-0.15, -0.1) is 11.3 Å². The molecule has 0 fully saturated rings. The lowest BCUT2D eigenvalue weighted by Crippen LogP contribution is -2.25. The lowest BCUT2D eigenvalue weighted by atomic mass is 10.2. The van der Waals surface area contributed by atoms with Crippen LogP contribution in [0, 0.1) is 6.92 Å². The predicted molar refractivity (Wildman–Crippen MR) is 81.5 cm³/mol. The van der Waals surface area contributed by atoms with E-state index in [0.717, 1.165) is 11.3 Å². The maximum absolute atomic E-state index is 12.3. The predicted octanol–water partition coefficient (Wildman–Crippen LogP) is 2.89. The minimum absolute atomic E-state index is 0.00362. The summed E-state index contributed by atoms with van der Waals surface area (Å²) in [5.74, 6) is -1.26. The topological polar surface area (TPSA) is 83.5 Å². The van der Waals surface area contributed by atoms with Crippen LogP contribution in [-0.2, 0) is 16.6 Å². The number of sulfonamides is 1. The van der Waals surface area contributed by atoms with Crippen molar-refractivity contribution < 1.29 is 18.3 Å². The van der Waals surface area contributed by atoms with Crippen LogP contribution in [0.3, 0.4) is 0 Å². The summed E-state index contributed by atoms with van der Waals surface area (Å²) in [5, 5.41) is 11.0. The molecule has 2 N–H and O–H groups in total. The molecule has 2 aromatic rings. The van der Waals surface area contributed by atoms with Gasteiger partial charge in [0.2, 0.25) is 10.0 Å². The zero-order valence-corrected chi connectivity index (χ0v) is 13.3. The standard InChI is InChI=1S/C13H12ClNO4S2/c1-8-7-20-11(13(16)17)12(8)21(18,19)15-6-9-4-2-3-5-10(9)14/h2-5,7,15H,6H2,1H3,(H,16,17). The molecule has 0 radical (unpaired) electrons. The molecule has 0 saturated carbocycles. The molecule has 1 aromatic carbocycles. The van der Waals surface area contributed by atoms with E-state index in [9.17, 15) is 13.2 Å². The van der Waals surface area contributed by atoms with Crippen molar-refractivity contribution in [3.05, 3.63) is 50.7 Å². The van der Waals surface area contributed by atoms with Gasteiger partial charge in [0.25, 0.3) is 0 Å². The van der Waals surface area contributed by atoms with Crippen LogP contribution in [0.5, 0.6) is 0 Å². The molecule has 1 aromatic heterocycles. The highest BCUT2D eigenvalue weighted by molar-refractivity contribution is 7.89. The number of aryl methyl sites for hydroxylation is 1. The van der Waals surface area contributed by atoms with E-state index < -0.39 is 16.0 Å². The maximum atomic E-state index is 12.3. The van der Waals surface area contributed by atoms with Crippen LogP contribution in [-0.4, -0.2) is 19.5 Å². The van der Waals surface area contributed by atoms with Crippen molar-refractivity contribution in [2.75, 3.05) is 0 Å². The van der Waals surface area contributed by atoms with Crippen molar-refractivity contribution >= 4 is 38.9 Å². The first-order chi connectivity index (χ1) is 9.83. The number of carboxylic acids is 1. The molecule has 0 aliphatic rings. The Hall–Kier alpha value is -1.41. The van der Waals surface area contributed by atoms with Crippen LogP contribution in [0.1, 0.15) is 20.8 Å². The smallest absolute Gasteiger partial charge is 0.347 e. The number of rotatable bonds is 5. The van der Waals surface area contributed by atoms with E-state index in [1.807, 2.05) is 0 Å². The SMILES string of the molecule is Cc1csc(C(=O)O)c1S(=O)(=O)NCc1ccccc1Cl. The lowest BCUT2D eigenvalue weighted by molar-refractivity contribution is 0.0698. The Morgan fingerprint density at radius 2 is 2.05 bits per heavy atom. The fraction of sp³-hybridized carbons (Fsp3) is 0.154. The van der Waals surface area contributed by atoms with Crippen molar-refractivity contribution in [2.24, 2.45) is 0 Å². The molecular weight excluding hydrogens is 334 g/mol. The Balaban J connectivity index is 2.30. The van der Waals surface area contributed by atoms with Crippen molar-refractivity contribution in [2.45, 2.75) is 18.4 Å². The van der Waals surface area contributed by atoms with Gasteiger partial charge in [-0.2, -0.15) is 0 Å². The highest BCUT2D eigenvalue weighted by Crippen LogP contribution is 2.27. The number of nitrogens with one attached hydrogen (secondary N) is 1. The average Bonchev–Trinajstić information content (AvgIpc) is 2.81. The highest BCUT2D eigenvalue weighted by Gasteiger charge is 2.26. The van der Waals surface area contributed by atoms with Gasteiger partial charge in [0, 0.05) is 11.6 Å². The Morgan fingerprint density at radius 1 is 1.38 bits per heavy atom. The molecule has 8 heteroatoms. The fourth-order valence-electron chi connectivity index (χ4n) is 1.80. The second-order valence-corrected chi connectivity index (χ2v) is 7.29. The van der Waals surface area contributed by atoms with Crippen molar-refractivity contribution in [1.82, 2.24) is 4.72 Å². The van der Waals surface area contributed by atoms with Crippen LogP contribution in [0.2, 0.25) is 5.02 Å². The molecule has 0 bridgehead atoms. The Morgan fingerprint density at radius 3 is 2.67 bits per heavy atom. The summed E-state index contributed by atoms with van der Waals surface area (Å²) in [6.07, 6.45) is 0. The number of aromatic carboxylic acids is 1. The molecule has 2 rings (SSSR count). The second-order valence-electron chi connectivity index (χ2n) is 4.30. The molecule has 0 spiro atoms. The summed E-state index contributed by atoms with van der Waals surface area (Å²) in [6.45, 7) is 1.56. The van der Waals surface area contributed by atoms with Crippen molar-refractivity contribution in [3.8, 4) is 0 Å². The summed E-state index contributed by atoms with van der Waals surface area (Å²) in [7, 11) is -3.92. The Bertz CT molecular complexity index is 783. The Kier molecular flexibility index (Phi) is 4.67. The number of carbonyl (C=O) groups is 1. The van der Waals surface area contributed by atoms with E-state index in [-0.39, 0.29) is 16.3 Å². The first kappa shape index (κ1) is 16.0. The third-order valence-electron chi connectivity index (χ3n) is 2.79. The van der Waals surface area contributed by atoms with Gasteiger partial charge in [0.15, 0.2) is 0 Å². The van der Waals surface area contributed by atoms with Crippen molar-refractivity contribution in [1.29, 1.82) is 0 Å². The molecule has 0 amide bonds. The molecule has 5 nitrogen and oxygen atoms in total. The summed E-state index contributed by atoms with van der Waals surface area (Å²) >= 11 is 6.86. The minimum Gasteiger partial charge on any atom is -0.477 e. The number of thiophene rings is 1. The van der Waals surface area contributed by atoms with Gasteiger partial charge >= 0.3 is 5.97 Å². The van der Waals surface area contributed by atoms with Gasteiger partial charge in [-0.05, 0) is 29.5 Å². The van der Waals surface area contributed by atoms with Crippen LogP contribution in [0.25, 0.3) is 0 Å². The molecule has 0 unspecified atom stereocenters. The van der Waals surface area contributed by atoms with Crippen LogP contribution < -0.4 is 4.72 Å². The third kappa shape index (κ3) is 3.44. The van der Waals surface area contributed by atoms with E-state index in [1.165, 1.54) is 5.38 Å². The molecule has 0 atom stereocenters.